The number of benzene rings is 1. The van der Waals surface area contributed by atoms with Gasteiger partial charge >= 0.3 is 5.97 Å². The second kappa shape index (κ2) is 5.01. The molecule has 0 amide bonds. The van der Waals surface area contributed by atoms with Crippen molar-refractivity contribution in [3.05, 3.63) is 29.5 Å². The number of carboxylic acid groups (broad SMARTS) is 1. The number of aromatic carboxylic acids is 1. The predicted molar refractivity (Wildman–Crippen MR) is 85.0 cm³/mol. The summed E-state index contributed by atoms with van der Waals surface area (Å²) in [4.78, 5) is 11.4. The van der Waals surface area contributed by atoms with Gasteiger partial charge in [0, 0.05) is 25.2 Å². The van der Waals surface area contributed by atoms with Crippen LogP contribution in [0, 0.1) is 0 Å². The lowest BCUT2D eigenvalue weighted by Crippen LogP contribution is -2.26. The van der Waals surface area contributed by atoms with Gasteiger partial charge in [-0.3, -0.25) is 4.31 Å². The smallest absolute Gasteiger partial charge is 0.335 e. The lowest BCUT2D eigenvalue weighted by atomic mass is 10.1. The maximum Gasteiger partial charge on any atom is 0.335 e. The molecule has 1 saturated heterocycles. The van der Waals surface area contributed by atoms with E-state index in [0.717, 1.165) is 22.9 Å². The number of hydrogen-bond donors (Lipinski definition) is 1. The van der Waals surface area contributed by atoms with Crippen LogP contribution in [0.3, 0.4) is 0 Å². The summed E-state index contributed by atoms with van der Waals surface area (Å²) in [5.41, 5.74) is 2.37. The number of rotatable bonds is 3. The number of hydrogen-bond acceptors (Lipinski definition) is 3. The zero-order valence-electron chi connectivity index (χ0n) is 12.5. The molecule has 1 N–H and O–H groups in total. The van der Waals surface area contributed by atoms with Gasteiger partial charge in [0.25, 0.3) is 0 Å². The van der Waals surface area contributed by atoms with E-state index in [1.54, 1.807) is 6.07 Å². The van der Waals surface area contributed by atoms with Crippen LogP contribution in [-0.4, -0.2) is 36.4 Å². The molecule has 1 aliphatic heterocycles. The van der Waals surface area contributed by atoms with Crippen molar-refractivity contribution in [1.29, 1.82) is 0 Å². The largest absolute Gasteiger partial charge is 0.478 e. The summed E-state index contributed by atoms with van der Waals surface area (Å²) in [6, 6.07) is 3.09. The van der Waals surface area contributed by atoms with Crippen LogP contribution in [0.25, 0.3) is 10.9 Å². The third kappa shape index (κ3) is 2.16. The Kier molecular flexibility index (Phi) is 3.40. The molecule has 118 valence electrons. The molecule has 7 heteroatoms. The zero-order valence-corrected chi connectivity index (χ0v) is 13.4. The average Bonchev–Trinajstić information content (AvgIpc) is 2.97. The number of fused-ring (bicyclic) bond motifs is 1. The van der Waals surface area contributed by atoms with Crippen molar-refractivity contribution in [2.45, 2.75) is 19.8 Å². The quantitative estimate of drug-likeness (QED) is 0.937. The summed E-state index contributed by atoms with van der Waals surface area (Å²) in [6.07, 6.45) is 3.25. The highest BCUT2D eigenvalue weighted by atomic mass is 32.2. The zero-order chi connectivity index (χ0) is 16.1. The maximum atomic E-state index is 12.2. The Morgan fingerprint density at radius 2 is 2.09 bits per heavy atom. The van der Waals surface area contributed by atoms with E-state index in [1.165, 1.54) is 10.4 Å². The molecule has 0 atom stereocenters. The summed E-state index contributed by atoms with van der Waals surface area (Å²) in [5, 5.41) is 10.1. The molecule has 0 radical (unpaired) electrons. The standard InChI is InChI=1S/C15H18N2O4S/c1-3-10-9-16(2)14-12(10)7-11(15(18)19)8-13(14)17-5-4-6-22(17,20)21/h7-9H,3-6H2,1-2H3,(H,18,19). The number of aromatic nitrogens is 1. The van der Waals surface area contributed by atoms with E-state index in [9.17, 15) is 18.3 Å². The minimum Gasteiger partial charge on any atom is -0.478 e. The van der Waals surface area contributed by atoms with E-state index in [1.807, 2.05) is 24.7 Å². The van der Waals surface area contributed by atoms with Crippen LogP contribution in [0.5, 0.6) is 0 Å². The second-order valence-corrected chi connectivity index (χ2v) is 7.57. The Balaban J connectivity index is 2.37. The molecule has 1 fully saturated rings. The Morgan fingerprint density at radius 3 is 2.64 bits per heavy atom. The number of sulfonamides is 1. The van der Waals surface area contributed by atoms with Crippen LogP contribution in [0.4, 0.5) is 5.69 Å². The first-order chi connectivity index (χ1) is 10.3. The molecular weight excluding hydrogens is 304 g/mol. The maximum absolute atomic E-state index is 12.2. The highest BCUT2D eigenvalue weighted by Gasteiger charge is 2.31. The topological polar surface area (TPSA) is 79.6 Å². The van der Waals surface area contributed by atoms with E-state index in [-0.39, 0.29) is 11.3 Å². The molecule has 2 aromatic rings. The molecule has 2 heterocycles. The van der Waals surface area contributed by atoms with Crippen LogP contribution in [-0.2, 0) is 23.5 Å². The fraction of sp³-hybridized carbons (Fsp3) is 0.400. The first kappa shape index (κ1) is 14.9. The van der Waals surface area contributed by atoms with Gasteiger partial charge in [0.1, 0.15) is 0 Å². The van der Waals surface area contributed by atoms with Crippen molar-refractivity contribution in [3.8, 4) is 0 Å². The van der Waals surface area contributed by atoms with Gasteiger partial charge in [-0.05, 0) is 30.5 Å². The first-order valence-electron chi connectivity index (χ1n) is 7.21. The van der Waals surface area contributed by atoms with Gasteiger partial charge in [0.2, 0.25) is 10.0 Å². The monoisotopic (exact) mass is 322 g/mol. The molecule has 0 saturated carbocycles. The lowest BCUT2D eigenvalue weighted by molar-refractivity contribution is 0.0697. The van der Waals surface area contributed by atoms with Gasteiger partial charge in [0.15, 0.2) is 0 Å². The number of carbonyl (C=O) groups is 1. The van der Waals surface area contributed by atoms with Crippen molar-refractivity contribution in [3.63, 3.8) is 0 Å². The average molecular weight is 322 g/mol. The van der Waals surface area contributed by atoms with Crippen molar-refractivity contribution < 1.29 is 18.3 Å². The Hall–Kier alpha value is -2.02. The SMILES string of the molecule is CCc1cn(C)c2c(N3CCCS3(=O)=O)cc(C(=O)O)cc12. The summed E-state index contributed by atoms with van der Waals surface area (Å²) in [6.45, 7) is 2.39. The van der Waals surface area contributed by atoms with Crippen LogP contribution < -0.4 is 4.31 Å². The highest BCUT2D eigenvalue weighted by Crippen LogP contribution is 2.35. The molecule has 1 aromatic heterocycles. The van der Waals surface area contributed by atoms with Gasteiger partial charge in [-0.15, -0.1) is 0 Å². The third-order valence-electron chi connectivity index (χ3n) is 4.13. The van der Waals surface area contributed by atoms with Crippen molar-refractivity contribution in [2.24, 2.45) is 7.05 Å². The van der Waals surface area contributed by atoms with Crippen molar-refractivity contribution in [1.82, 2.24) is 4.57 Å². The summed E-state index contributed by atoms with van der Waals surface area (Å²) in [5.74, 6) is -0.942. The Labute approximate surface area is 129 Å². The molecule has 0 aliphatic carbocycles. The fourth-order valence-electron chi connectivity index (χ4n) is 3.11. The summed E-state index contributed by atoms with van der Waals surface area (Å²) in [7, 11) is -1.51. The van der Waals surface area contributed by atoms with Crippen LogP contribution in [0.2, 0.25) is 0 Å². The van der Waals surface area contributed by atoms with Crippen molar-refractivity contribution >= 4 is 32.6 Å². The third-order valence-corrected chi connectivity index (χ3v) is 5.99. The highest BCUT2D eigenvalue weighted by molar-refractivity contribution is 7.93. The molecule has 22 heavy (non-hydrogen) atoms. The van der Waals surface area contributed by atoms with Gasteiger partial charge in [-0.2, -0.15) is 0 Å². The molecule has 0 spiro atoms. The van der Waals surface area contributed by atoms with E-state index >= 15 is 0 Å². The summed E-state index contributed by atoms with van der Waals surface area (Å²) < 4.78 is 27.7. The van der Waals surface area contributed by atoms with Gasteiger partial charge in [-0.25, -0.2) is 13.2 Å². The molecule has 1 aromatic carbocycles. The first-order valence-corrected chi connectivity index (χ1v) is 8.81. The van der Waals surface area contributed by atoms with E-state index in [4.69, 9.17) is 0 Å². The van der Waals surface area contributed by atoms with Crippen LogP contribution in [0.1, 0.15) is 29.3 Å². The van der Waals surface area contributed by atoms with E-state index < -0.39 is 16.0 Å². The fourth-order valence-corrected chi connectivity index (χ4v) is 4.67. The number of nitrogens with zero attached hydrogens (tertiary/aromatic N) is 2. The predicted octanol–water partition coefficient (Wildman–Crippen LogP) is 1.98. The Bertz CT molecular complexity index is 867. The normalized spacial score (nSPS) is 17.3. The molecule has 0 bridgehead atoms. The van der Waals surface area contributed by atoms with Crippen molar-refractivity contribution in [2.75, 3.05) is 16.6 Å². The number of anilines is 1. The number of aryl methyl sites for hydroxylation is 2. The molecule has 0 unspecified atom stereocenters. The molecule has 1 aliphatic rings. The molecule has 3 rings (SSSR count). The lowest BCUT2D eigenvalue weighted by Gasteiger charge is -2.19. The van der Waals surface area contributed by atoms with Gasteiger partial charge in [0.05, 0.1) is 22.5 Å². The second-order valence-electron chi connectivity index (χ2n) is 5.56. The minimum absolute atomic E-state index is 0.108. The molecule has 6 nitrogen and oxygen atoms in total. The Morgan fingerprint density at radius 1 is 1.36 bits per heavy atom. The van der Waals surface area contributed by atoms with Crippen LogP contribution in [0.15, 0.2) is 18.3 Å². The minimum atomic E-state index is -3.36. The summed E-state index contributed by atoms with van der Waals surface area (Å²) >= 11 is 0. The number of carboxylic acids is 1. The van der Waals surface area contributed by atoms with Gasteiger partial charge < -0.3 is 9.67 Å². The molecular formula is C15H18N2O4S. The van der Waals surface area contributed by atoms with E-state index in [0.29, 0.717) is 18.7 Å². The van der Waals surface area contributed by atoms with E-state index in [2.05, 4.69) is 0 Å². The van der Waals surface area contributed by atoms with Crippen LogP contribution >= 0.6 is 0 Å². The van der Waals surface area contributed by atoms with Gasteiger partial charge in [-0.1, -0.05) is 6.92 Å².